The molecule has 0 aliphatic carbocycles. The highest BCUT2D eigenvalue weighted by atomic mass is 35.5. The van der Waals surface area contributed by atoms with Crippen LogP contribution in [0.3, 0.4) is 0 Å². The maximum absolute atomic E-state index is 11.1. The van der Waals surface area contributed by atoms with Crippen LogP contribution in [0.2, 0.25) is 5.02 Å². The lowest BCUT2D eigenvalue weighted by atomic mass is 10.0. The molecule has 1 saturated heterocycles. The van der Waals surface area contributed by atoms with Crippen molar-refractivity contribution >= 4 is 40.7 Å². The van der Waals surface area contributed by atoms with Crippen LogP contribution >= 0.6 is 23.4 Å². The van der Waals surface area contributed by atoms with Gasteiger partial charge in [0.25, 0.3) is 0 Å². The Hall–Kier alpha value is -2.11. The molecule has 1 N–H and O–H groups in total. The first-order valence-corrected chi connectivity index (χ1v) is 7.98. The SMILES string of the molecule is O=C1CSC(=NN=Cc2ccccc2-c2ccccc2Cl)N1. The second kappa shape index (κ2) is 6.77. The average molecular weight is 330 g/mol. The van der Waals surface area contributed by atoms with Crippen molar-refractivity contribution in [2.45, 2.75) is 0 Å². The van der Waals surface area contributed by atoms with Gasteiger partial charge >= 0.3 is 0 Å². The summed E-state index contributed by atoms with van der Waals surface area (Å²) in [5.74, 6) is 0.348. The molecule has 0 aromatic heterocycles. The molecular formula is C16H12ClN3OS. The lowest BCUT2D eigenvalue weighted by molar-refractivity contribution is -0.116. The first-order chi connectivity index (χ1) is 10.7. The van der Waals surface area contributed by atoms with Crippen LogP contribution in [-0.4, -0.2) is 23.0 Å². The van der Waals surface area contributed by atoms with Crippen LogP contribution in [0, 0.1) is 0 Å². The standard InChI is InChI=1S/C16H12ClN3OS/c17-14-8-4-3-7-13(14)12-6-2-1-5-11(12)9-18-20-16-19-15(21)10-22-16/h1-9H,10H2,(H,19,20,21). The Balaban J connectivity index is 1.89. The molecule has 6 heteroatoms. The summed E-state index contributed by atoms with van der Waals surface area (Å²) in [6, 6.07) is 15.5. The number of benzene rings is 2. The van der Waals surface area contributed by atoms with E-state index in [9.17, 15) is 4.79 Å². The number of carbonyl (C=O) groups is 1. The van der Waals surface area contributed by atoms with E-state index in [1.54, 1.807) is 6.21 Å². The number of hydrogen-bond acceptors (Lipinski definition) is 4. The van der Waals surface area contributed by atoms with Crippen LogP contribution < -0.4 is 5.32 Å². The summed E-state index contributed by atoms with van der Waals surface area (Å²) in [6.45, 7) is 0. The Morgan fingerprint density at radius 2 is 1.82 bits per heavy atom. The summed E-state index contributed by atoms with van der Waals surface area (Å²) < 4.78 is 0. The number of rotatable bonds is 3. The molecule has 1 aliphatic rings. The highest BCUT2D eigenvalue weighted by Gasteiger charge is 2.16. The molecule has 1 heterocycles. The Morgan fingerprint density at radius 3 is 2.55 bits per heavy atom. The molecule has 0 saturated carbocycles. The third-order valence-corrected chi connectivity index (χ3v) is 4.25. The van der Waals surface area contributed by atoms with Crippen molar-refractivity contribution < 1.29 is 4.79 Å². The molecule has 22 heavy (non-hydrogen) atoms. The van der Waals surface area contributed by atoms with Crippen molar-refractivity contribution in [3.05, 3.63) is 59.1 Å². The Labute approximate surface area is 137 Å². The monoisotopic (exact) mass is 329 g/mol. The van der Waals surface area contributed by atoms with E-state index in [1.807, 2.05) is 48.5 Å². The first-order valence-electron chi connectivity index (χ1n) is 6.61. The van der Waals surface area contributed by atoms with Crippen LogP contribution in [-0.2, 0) is 4.79 Å². The van der Waals surface area contributed by atoms with E-state index in [0.29, 0.717) is 15.9 Å². The molecule has 4 nitrogen and oxygen atoms in total. The fourth-order valence-electron chi connectivity index (χ4n) is 2.06. The van der Waals surface area contributed by atoms with Gasteiger partial charge in [0.2, 0.25) is 5.91 Å². The molecule has 1 fully saturated rings. The van der Waals surface area contributed by atoms with Gasteiger partial charge in [-0.15, -0.1) is 5.10 Å². The summed E-state index contributed by atoms with van der Waals surface area (Å²) >= 11 is 7.60. The molecule has 2 aromatic carbocycles. The number of amidine groups is 1. The van der Waals surface area contributed by atoms with Gasteiger partial charge in [0, 0.05) is 16.1 Å². The Morgan fingerprint density at radius 1 is 1.09 bits per heavy atom. The van der Waals surface area contributed by atoms with Gasteiger partial charge in [-0.3, -0.25) is 4.79 Å². The van der Waals surface area contributed by atoms with Crippen LogP contribution in [0.4, 0.5) is 0 Å². The predicted molar refractivity (Wildman–Crippen MR) is 92.5 cm³/mol. The highest BCUT2D eigenvalue weighted by molar-refractivity contribution is 8.15. The van der Waals surface area contributed by atoms with Crippen molar-refractivity contribution in [1.82, 2.24) is 5.32 Å². The Kier molecular flexibility index (Phi) is 4.56. The van der Waals surface area contributed by atoms with Crippen molar-refractivity contribution in [2.75, 3.05) is 5.75 Å². The van der Waals surface area contributed by atoms with E-state index in [-0.39, 0.29) is 5.91 Å². The summed E-state index contributed by atoms with van der Waals surface area (Å²) in [6.07, 6.45) is 1.66. The van der Waals surface area contributed by atoms with Gasteiger partial charge < -0.3 is 5.32 Å². The number of nitrogens with zero attached hydrogens (tertiary/aromatic N) is 2. The molecule has 3 rings (SSSR count). The second-order valence-electron chi connectivity index (χ2n) is 4.55. The lowest BCUT2D eigenvalue weighted by Crippen LogP contribution is -2.19. The minimum atomic E-state index is -0.0459. The number of amides is 1. The molecule has 1 aliphatic heterocycles. The summed E-state index contributed by atoms with van der Waals surface area (Å²) in [4.78, 5) is 11.1. The second-order valence-corrected chi connectivity index (χ2v) is 5.92. The van der Waals surface area contributed by atoms with Gasteiger partial charge in [-0.1, -0.05) is 65.8 Å². The van der Waals surface area contributed by atoms with Gasteiger partial charge in [-0.2, -0.15) is 5.10 Å². The van der Waals surface area contributed by atoms with E-state index in [2.05, 4.69) is 15.5 Å². The van der Waals surface area contributed by atoms with Gasteiger partial charge in [0.1, 0.15) is 0 Å². The van der Waals surface area contributed by atoms with E-state index in [0.717, 1.165) is 16.7 Å². The normalized spacial score (nSPS) is 16.4. The van der Waals surface area contributed by atoms with E-state index < -0.39 is 0 Å². The molecule has 1 amide bonds. The minimum Gasteiger partial charge on any atom is -0.303 e. The predicted octanol–water partition coefficient (Wildman–Crippen LogP) is 3.56. The third-order valence-electron chi connectivity index (χ3n) is 3.06. The Bertz CT molecular complexity index is 773. The largest absolute Gasteiger partial charge is 0.303 e. The molecule has 0 spiro atoms. The van der Waals surface area contributed by atoms with Crippen LogP contribution in [0.1, 0.15) is 5.56 Å². The topological polar surface area (TPSA) is 53.8 Å². The van der Waals surface area contributed by atoms with Gasteiger partial charge in [-0.25, -0.2) is 0 Å². The first kappa shape index (κ1) is 14.8. The number of nitrogens with one attached hydrogen (secondary N) is 1. The maximum Gasteiger partial charge on any atom is 0.236 e. The van der Waals surface area contributed by atoms with Crippen molar-refractivity contribution in [3.63, 3.8) is 0 Å². The highest BCUT2D eigenvalue weighted by Crippen LogP contribution is 2.29. The number of halogens is 1. The molecule has 0 unspecified atom stereocenters. The molecule has 110 valence electrons. The van der Waals surface area contributed by atoms with E-state index in [4.69, 9.17) is 11.6 Å². The zero-order chi connectivity index (χ0) is 15.4. The van der Waals surface area contributed by atoms with Gasteiger partial charge in [-0.05, 0) is 11.6 Å². The molecule has 0 bridgehead atoms. The summed E-state index contributed by atoms with van der Waals surface area (Å²) in [5, 5.41) is 11.9. The maximum atomic E-state index is 11.1. The van der Waals surface area contributed by atoms with Crippen LogP contribution in [0.5, 0.6) is 0 Å². The number of thioether (sulfide) groups is 1. The van der Waals surface area contributed by atoms with Gasteiger partial charge in [0.05, 0.1) is 12.0 Å². The van der Waals surface area contributed by atoms with E-state index in [1.165, 1.54) is 11.8 Å². The van der Waals surface area contributed by atoms with Crippen LogP contribution in [0.25, 0.3) is 11.1 Å². The zero-order valence-corrected chi connectivity index (χ0v) is 13.1. The smallest absolute Gasteiger partial charge is 0.236 e. The number of carbonyl (C=O) groups excluding carboxylic acids is 1. The average Bonchev–Trinajstić information content (AvgIpc) is 2.94. The zero-order valence-electron chi connectivity index (χ0n) is 11.5. The van der Waals surface area contributed by atoms with Crippen LogP contribution in [0.15, 0.2) is 58.7 Å². The minimum absolute atomic E-state index is 0.0459. The molecular weight excluding hydrogens is 318 g/mol. The quantitative estimate of drug-likeness (QED) is 0.691. The summed E-state index contributed by atoms with van der Waals surface area (Å²) in [5.41, 5.74) is 2.84. The van der Waals surface area contributed by atoms with Crippen molar-refractivity contribution in [3.8, 4) is 11.1 Å². The molecule has 0 radical (unpaired) electrons. The van der Waals surface area contributed by atoms with Crippen molar-refractivity contribution in [1.29, 1.82) is 0 Å². The lowest BCUT2D eigenvalue weighted by Gasteiger charge is -2.07. The van der Waals surface area contributed by atoms with E-state index >= 15 is 0 Å². The summed E-state index contributed by atoms with van der Waals surface area (Å²) in [7, 11) is 0. The van der Waals surface area contributed by atoms with Crippen molar-refractivity contribution in [2.24, 2.45) is 10.2 Å². The number of hydrogen-bond donors (Lipinski definition) is 1. The third kappa shape index (κ3) is 3.37. The fraction of sp³-hybridized carbons (Fsp3) is 0.0625. The molecule has 0 atom stereocenters. The fourth-order valence-corrected chi connectivity index (χ4v) is 2.93. The van der Waals surface area contributed by atoms with Gasteiger partial charge in [0.15, 0.2) is 5.17 Å². The molecule has 2 aromatic rings.